The van der Waals surface area contributed by atoms with Gasteiger partial charge in [-0.15, -0.1) is 0 Å². The molecule has 2 heterocycles. The maximum Gasteiger partial charge on any atom is 0.261 e. The van der Waals surface area contributed by atoms with Crippen LogP contribution in [0.15, 0.2) is 47.4 Å². The minimum Gasteiger partial charge on any atom is -0.343 e. The summed E-state index contributed by atoms with van der Waals surface area (Å²) >= 11 is 11.9. The van der Waals surface area contributed by atoms with Gasteiger partial charge >= 0.3 is 0 Å². The van der Waals surface area contributed by atoms with Gasteiger partial charge in [0.1, 0.15) is 5.56 Å². The largest absolute Gasteiger partial charge is 0.343 e. The zero-order valence-electron chi connectivity index (χ0n) is 13.3. The molecular weight excluding hydrogens is 359 g/mol. The maximum absolute atomic E-state index is 12.8. The topological polar surface area (TPSA) is 51.1 Å². The molecule has 0 radical (unpaired) electrons. The Labute approximate surface area is 154 Å². The van der Waals surface area contributed by atoms with E-state index in [9.17, 15) is 9.59 Å². The number of nitrogens with one attached hydrogen (secondary N) is 1. The van der Waals surface area contributed by atoms with Gasteiger partial charge in [0, 0.05) is 23.3 Å². The van der Waals surface area contributed by atoms with Gasteiger partial charge in [-0.05, 0) is 43.2 Å². The number of para-hydroxylation sites is 1. The number of nitrogens with zero attached hydrogens (tertiary/aromatic N) is 1. The Hall–Kier alpha value is -2.30. The normalized spacial score (nSPS) is 15.6. The zero-order chi connectivity index (χ0) is 17.7. The van der Waals surface area contributed by atoms with Crippen molar-refractivity contribution in [2.45, 2.75) is 19.4 Å². The number of pyridine rings is 1. The number of aromatic nitrogens is 1. The van der Waals surface area contributed by atoms with Gasteiger partial charge in [-0.25, -0.2) is 0 Å². The van der Waals surface area contributed by atoms with E-state index < -0.39 is 5.91 Å². The molecule has 4 rings (SSSR count). The van der Waals surface area contributed by atoms with Crippen molar-refractivity contribution in [3.05, 3.63) is 74.0 Å². The average Bonchev–Trinajstić information content (AvgIpc) is 2.90. The average molecular weight is 373 g/mol. The summed E-state index contributed by atoms with van der Waals surface area (Å²) in [6.07, 6.45) is 2.51. The quantitative estimate of drug-likeness (QED) is 0.709. The molecule has 0 spiro atoms. The molecule has 3 aromatic rings. The summed E-state index contributed by atoms with van der Waals surface area (Å²) in [7, 11) is 0. The molecule has 0 saturated carbocycles. The third kappa shape index (κ3) is 2.62. The molecule has 25 heavy (non-hydrogen) atoms. The Morgan fingerprint density at radius 1 is 1.20 bits per heavy atom. The Bertz CT molecular complexity index is 1090. The van der Waals surface area contributed by atoms with Crippen molar-refractivity contribution in [3.63, 3.8) is 0 Å². The van der Waals surface area contributed by atoms with E-state index in [1.807, 2.05) is 16.7 Å². The molecule has 126 valence electrons. The van der Waals surface area contributed by atoms with Crippen molar-refractivity contribution in [1.29, 1.82) is 0 Å². The number of hydrogen-bond donors (Lipinski definition) is 1. The summed E-state index contributed by atoms with van der Waals surface area (Å²) in [5, 5.41) is 4.03. The van der Waals surface area contributed by atoms with E-state index in [1.54, 1.807) is 30.5 Å². The highest BCUT2D eigenvalue weighted by Gasteiger charge is 2.24. The fraction of sp³-hybridized carbons (Fsp3) is 0.158. The lowest BCUT2D eigenvalue weighted by Crippen LogP contribution is -2.23. The molecule has 4 nitrogen and oxygen atoms in total. The second kappa shape index (κ2) is 5.90. The van der Waals surface area contributed by atoms with E-state index in [0.717, 1.165) is 17.5 Å². The van der Waals surface area contributed by atoms with Crippen molar-refractivity contribution < 1.29 is 4.79 Å². The molecule has 1 atom stereocenters. The smallest absolute Gasteiger partial charge is 0.261 e. The van der Waals surface area contributed by atoms with E-state index in [4.69, 9.17) is 23.2 Å². The fourth-order valence-corrected chi connectivity index (χ4v) is 3.65. The van der Waals surface area contributed by atoms with Crippen LogP contribution >= 0.6 is 23.2 Å². The summed E-state index contributed by atoms with van der Waals surface area (Å²) in [5.74, 6) is -0.460. The second-order valence-electron chi connectivity index (χ2n) is 6.23. The molecule has 0 fully saturated rings. The molecule has 2 aromatic carbocycles. The van der Waals surface area contributed by atoms with Crippen molar-refractivity contribution >= 4 is 45.7 Å². The standard InChI is InChI=1S/C19H14Cl2N2O2/c1-10-7-11-3-2-4-13-17(11)23(10)9-14(18(13)24)19(25)22-12-5-6-15(20)16(21)8-12/h2-6,8-10H,7H2,1H3,(H,22,25). The predicted octanol–water partition coefficient (Wildman–Crippen LogP) is 4.68. The van der Waals surface area contributed by atoms with Gasteiger partial charge in [-0.1, -0.05) is 35.3 Å². The van der Waals surface area contributed by atoms with Gasteiger partial charge < -0.3 is 9.88 Å². The van der Waals surface area contributed by atoms with E-state index in [1.165, 1.54) is 0 Å². The molecule has 0 bridgehead atoms. The minimum atomic E-state index is -0.460. The first-order valence-electron chi connectivity index (χ1n) is 7.89. The van der Waals surface area contributed by atoms with E-state index in [0.29, 0.717) is 21.1 Å². The number of hydrogen-bond acceptors (Lipinski definition) is 2. The summed E-state index contributed by atoms with van der Waals surface area (Å²) in [6, 6.07) is 10.7. The molecule has 0 saturated heterocycles. The summed E-state index contributed by atoms with van der Waals surface area (Å²) in [5.41, 5.74) is 2.40. The lowest BCUT2D eigenvalue weighted by molar-refractivity contribution is 0.102. The molecule has 1 amide bonds. The van der Waals surface area contributed by atoms with Gasteiger partial charge in [-0.3, -0.25) is 9.59 Å². The van der Waals surface area contributed by atoms with Crippen LogP contribution in [0.5, 0.6) is 0 Å². The highest BCUT2D eigenvalue weighted by Crippen LogP contribution is 2.31. The molecule has 0 aliphatic carbocycles. The van der Waals surface area contributed by atoms with Crippen LogP contribution in [0.4, 0.5) is 5.69 Å². The summed E-state index contributed by atoms with van der Waals surface area (Å²) in [4.78, 5) is 25.5. The van der Waals surface area contributed by atoms with E-state index >= 15 is 0 Å². The van der Waals surface area contributed by atoms with Crippen molar-refractivity contribution in [3.8, 4) is 0 Å². The second-order valence-corrected chi connectivity index (χ2v) is 7.04. The van der Waals surface area contributed by atoms with Crippen LogP contribution in [-0.2, 0) is 6.42 Å². The number of anilines is 1. The van der Waals surface area contributed by atoms with Crippen LogP contribution in [0.1, 0.15) is 28.9 Å². The van der Waals surface area contributed by atoms with Crippen LogP contribution in [0, 0.1) is 0 Å². The lowest BCUT2D eigenvalue weighted by atomic mass is 10.1. The Morgan fingerprint density at radius 3 is 2.76 bits per heavy atom. The Kier molecular flexibility index (Phi) is 3.82. The fourth-order valence-electron chi connectivity index (χ4n) is 3.35. The number of carbonyl (C=O) groups is 1. The Balaban J connectivity index is 1.80. The Morgan fingerprint density at radius 2 is 2.00 bits per heavy atom. The SMILES string of the molecule is CC1Cc2cccc3c(=O)c(C(=O)Nc4ccc(Cl)c(Cl)c4)cn1c23. The first-order chi connectivity index (χ1) is 12.0. The van der Waals surface area contributed by atoms with Gasteiger partial charge in [0.05, 0.1) is 15.6 Å². The summed E-state index contributed by atoms with van der Waals surface area (Å²) in [6.45, 7) is 2.07. The van der Waals surface area contributed by atoms with Crippen LogP contribution in [-0.4, -0.2) is 10.5 Å². The van der Waals surface area contributed by atoms with Crippen molar-refractivity contribution in [2.24, 2.45) is 0 Å². The molecule has 1 aromatic heterocycles. The summed E-state index contributed by atoms with van der Waals surface area (Å²) < 4.78 is 2.01. The third-order valence-electron chi connectivity index (χ3n) is 4.55. The zero-order valence-corrected chi connectivity index (χ0v) is 14.9. The van der Waals surface area contributed by atoms with E-state index in [2.05, 4.69) is 12.2 Å². The third-order valence-corrected chi connectivity index (χ3v) is 5.29. The highest BCUT2D eigenvalue weighted by atomic mass is 35.5. The first kappa shape index (κ1) is 16.2. The van der Waals surface area contributed by atoms with Gasteiger partial charge in [0.25, 0.3) is 5.91 Å². The van der Waals surface area contributed by atoms with Crippen LogP contribution in [0.25, 0.3) is 10.9 Å². The van der Waals surface area contributed by atoms with Crippen LogP contribution < -0.4 is 10.7 Å². The van der Waals surface area contributed by atoms with Gasteiger partial charge in [-0.2, -0.15) is 0 Å². The van der Waals surface area contributed by atoms with Crippen molar-refractivity contribution in [1.82, 2.24) is 4.57 Å². The molecule has 1 aliphatic rings. The number of benzene rings is 2. The number of rotatable bonds is 2. The van der Waals surface area contributed by atoms with Gasteiger partial charge in [0.2, 0.25) is 5.43 Å². The monoisotopic (exact) mass is 372 g/mol. The number of carbonyl (C=O) groups excluding carboxylic acids is 1. The minimum absolute atomic E-state index is 0.115. The maximum atomic E-state index is 12.8. The molecule has 1 aliphatic heterocycles. The number of amides is 1. The molecule has 6 heteroatoms. The van der Waals surface area contributed by atoms with Crippen LogP contribution in [0.2, 0.25) is 10.0 Å². The predicted molar refractivity (Wildman–Crippen MR) is 101 cm³/mol. The lowest BCUT2D eigenvalue weighted by Gasteiger charge is -2.13. The van der Waals surface area contributed by atoms with Crippen LogP contribution in [0.3, 0.4) is 0 Å². The highest BCUT2D eigenvalue weighted by molar-refractivity contribution is 6.42. The molecular formula is C19H14Cl2N2O2. The molecule has 1 N–H and O–H groups in total. The number of halogens is 2. The van der Waals surface area contributed by atoms with Crippen molar-refractivity contribution in [2.75, 3.05) is 5.32 Å². The molecule has 1 unspecified atom stereocenters. The first-order valence-corrected chi connectivity index (χ1v) is 8.64. The van der Waals surface area contributed by atoms with Gasteiger partial charge in [0.15, 0.2) is 0 Å². The van der Waals surface area contributed by atoms with E-state index in [-0.39, 0.29) is 17.0 Å².